The first-order chi connectivity index (χ1) is 9.67. The van der Waals surface area contributed by atoms with Gasteiger partial charge in [-0.2, -0.15) is 0 Å². The zero-order valence-corrected chi connectivity index (χ0v) is 15.2. The summed E-state index contributed by atoms with van der Waals surface area (Å²) in [7, 11) is 1.66. The Bertz CT molecular complexity index is 447. The standard InChI is InChI=1S/C16H25N3O.HI/c1-12-4-3-5-13(10-12)11-18-16(17)19-14-6-8-15(20-2)9-7-14;/h6-9,12-13H,3-5,10-11H2,1-2H3,(H3,17,18,19);1H. The first-order valence-corrected chi connectivity index (χ1v) is 7.38. The molecule has 1 fully saturated rings. The molecule has 2 atom stereocenters. The lowest BCUT2D eigenvalue weighted by Crippen LogP contribution is -2.24. The van der Waals surface area contributed by atoms with Gasteiger partial charge in [-0.1, -0.05) is 19.8 Å². The number of hydrogen-bond acceptors (Lipinski definition) is 2. The van der Waals surface area contributed by atoms with Gasteiger partial charge in [-0.15, -0.1) is 24.0 Å². The molecule has 21 heavy (non-hydrogen) atoms. The molecule has 4 nitrogen and oxygen atoms in total. The Morgan fingerprint density at radius 2 is 2.05 bits per heavy atom. The largest absolute Gasteiger partial charge is 0.497 e. The van der Waals surface area contributed by atoms with Crippen LogP contribution < -0.4 is 15.8 Å². The molecule has 3 N–H and O–H groups in total. The molecule has 118 valence electrons. The molecule has 5 heteroatoms. The van der Waals surface area contributed by atoms with E-state index in [0.717, 1.165) is 23.9 Å². The number of anilines is 1. The molecule has 0 aromatic heterocycles. The quantitative estimate of drug-likeness (QED) is 0.456. The lowest BCUT2D eigenvalue weighted by molar-refractivity contribution is 0.289. The molecule has 1 saturated carbocycles. The Labute approximate surface area is 144 Å². The van der Waals surface area contributed by atoms with Crippen molar-refractivity contribution < 1.29 is 4.74 Å². The Morgan fingerprint density at radius 1 is 1.33 bits per heavy atom. The number of ether oxygens (including phenoxy) is 1. The molecule has 1 aliphatic rings. The molecular weight excluding hydrogens is 377 g/mol. The molecule has 2 unspecified atom stereocenters. The number of nitrogens with zero attached hydrogens (tertiary/aromatic N) is 1. The number of hydrogen-bond donors (Lipinski definition) is 2. The Kier molecular flexibility index (Phi) is 7.85. The van der Waals surface area contributed by atoms with Crippen LogP contribution in [0.15, 0.2) is 29.3 Å². The summed E-state index contributed by atoms with van der Waals surface area (Å²) in [5, 5.41) is 3.12. The highest BCUT2D eigenvalue weighted by molar-refractivity contribution is 14.0. The van der Waals surface area contributed by atoms with Crippen molar-refractivity contribution in [1.82, 2.24) is 0 Å². The van der Waals surface area contributed by atoms with Crippen molar-refractivity contribution in [3.05, 3.63) is 24.3 Å². The molecule has 0 spiro atoms. The maximum atomic E-state index is 5.94. The van der Waals surface area contributed by atoms with Crippen LogP contribution in [0.25, 0.3) is 0 Å². The van der Waals surface area contributed by atoms with E-state index in [4.69, 9.17) is 10.5 Å². The summed E-state index contributed by atoms with van der Waals surface area (Å²) in [6.07, 6.45) is 5.25. The van der Waals surface area contributed by atoms with Crippen LogP contribution in [0, 0.1) is 11.8 Å². The van der Waals surface area contributed by atoms with Crippen LogP contribution in [0.2, 0.25) is 0 Å². The van der Waals surface area contributed by atoms with Gasteiger partial charge in [0.1, 0.15) is 5.75 Å². The average Bonchev–Trinajstić information content (AvgIpc) is 2.46. The molecule has 0 bridgehead atoms. The van der Waals surface area contributed by atoms with E-state index < -0.39 is 0 Å². The third-order valence-corrected chi connectivity index (χ3v) is 3.93. The topological polar surface area (TPSA) is 59.6 Å². The van der Waals surface area contributed by atoms with Crippen molar-refractivity contribution in [3.63, 3.8) is 0 Å². The second-order valence-corrected chi connectivity index (χ2v) is 5.72. The molecule has 1 aliphatic carbocycles. The van der Waals surface area contributed by atoms with E-state index in [-0.39, 0.29) is 24.0 Å². The fourth-order valence-corrected chi connectivity index (χ4v) is 2.81. The highest BCUT2D eigenvalue weighted by Crippen LogP contribution is 2.28. The van der Waals surface area contributed by atoms with E-state index in [1.54, 1.807) is 7.11 Å². The van der Waals surface area contributed by atoms with Crippen LogP contribution in [-0.2, 0) is 0 Å². The predicted octanol–water partition coefficient (Wildman–Crippen LogP) is 3.87. The van der Waals surface area contributed by atoms with Crippen molar-refractivity contribution in [2.45, 2.75) is 32.6 Å². The normalized spacial score (nSPS) is 22.3. The third kappa shape index (κ3) is 6.11. The third-order valence-electron chi connectivity index (χ3n) is 3.93. The van der Waals surface area contributed by atoms with E-state index in [1.165, 1.54) is 25.7 Å². The molecule has 0 amide bonds. The summed E-state index contributed by atoms with van der Waals surface area (Å²) in [5.74, 6) is 2.85. The summed E-state index contributed by atoms with van der Waals surface area (Å²) in [6, 6.07) is 7.67. The molecule has 0 aliphatic heterocycles. The zero-order valence-electron chi connectivity index (χ0n) is 12.8. The summed E-state index contributed by atoms with van der Waals surface area (Å²) in [4.78, 5) is 4.47. The van der Waals surface area contributed by atoms with Gasteiger partial charge >= 0.3 is 0 Å². The Balaban J connectivity index is 0.00000220. The van der Waals surface area contributed by atoms with Gasteiger partial charge < -0.3 is 15.8 Å². The highest BCUT2D eigenvalue weighted by atomic mass is 127. The van der Waals surface area contributed by atoms with Gasteiger partial charge in [0.2, 0.25) is 0 Å². The van der Waals surface area contributed by atoms with E-state index >= 15 is 0 Å². The summed E-state index contributed by atoms with van der Waals surface area (Å²) in [5.41, 5.74) is 6.87. The smallest absolute Gasteiger partial charge is 0.193 e. The average molecular weight is 403 g/mol. The van der Waals surface area contributed by atoms with Crippen molar-refractivity contribution in [2.24, 2.45) is 22.6 Å². The second kappa shape index (κ2) is 9.12. The van der Waals surface area contributed by atoms with Gasteiger partial charge in [-0.05, 0) is 48.9 Å². The number of methoxy groups -OCH3 is 1. The number of halogens is 1. The molecule has 1 aromatic carbocycles. The lowest BCUT2D eigenvalue weighted by Gasteiger charge is -2.25. The fourth-order valence-electron chi connectivity index (χ4n) is 2.81. The first-order valence-electron chi connectivity index (χ1n) is 7.38. The van der Waals surface area contributed by atoms with Crippen molar-refractivity contribution in [3.8, 4) is 5.75 Å². The minimum absolute atomic E-state index is 0. The number of guanidine groups is 1. The predicted molar refractivity (Wildman–Crippen MR) is 99.6 cm³/mol. The Morgan fingerprint density at radius 3 is 2.67 bits per heavy atom. The van der Waals surface area contributed by atoms with Gasteiger partial charge in [0.25, 0.3) is 0 Å². The zero-order chi connectivity index (χ0) is 14.4. The number of aliphatic imine (C=N–C) groups is 1. The van der Waals surface area contributed by atoms with Gasteiger partial charge in [0.15, 0.2) is 5.96 Å². The van der Waals surface area contributed by atoms with Gasteiger partial charge in [-0.25, -0.2) is 0 Å². The van der Waals surface area contributed by atoms with Crippen LogP contribution in [0.3, 0.4) is 0 Å². The van der Waals surface area contributed by atoms with E-state index in [2.05, 4.69) is 17.2 Å². The number of nitrogens with one attached hydrogen (secondary N) is 1. The van der Waals surface area contributed by atoms with E-state index in [1.807, 2.05) is 24.3 Å². The fraction of sp³-hybridized carbons (Fsp3) is 0.562. The lowest BCUT2D eigenvalue weighted by atomic mass is 9.82. The Hall–Kier alpha value is -0.980. The van der Waals surface area contributed by atoms with Crippen LogP contribution in [-0.4, -0.2) is 19.6 Å². The van der Waals surface area contributed by atoms with Crippen LogP contribution in [0.4, 0.5) is 5.69 Å². The molecule has 1 aromatic rings. The monoisotopic (exact) mass is 403 g/mol. The van der Waals surface area contributed by atoms with Crippen molar-refractivity contribution in [2.75, 3.05) is 19.0 Å². The minimum Gasteiger partial charge on any atom is -0.497 e. The highest BCUT2D eigenvalue weighted by Gasteiger charge is 2.18. The number of nitrogens with two attached hydrogens (primary N) is 1. The second-order valence-electron chi connectivity index (χ2n) is 5.72. The van der Waals surface area contributed by atoms with Crippen LogP contribution in [0.1, 0.15) is 32.6 Å². The number of benzene rings is 1. The van der Waals surface area contributed by atoms with Gasteiger partial charge in [0, 0.05) is 12.2 Å². The van der Waals surface area contributed by atoms with E-state index in [0.29, 0.717) is 11.9 Å². The first kappa shape index (κ1) is 18.1. The maximum Gasteiger partial charge on any atom is 0.193 e. The maximum absolute atomic E-state index is 5.94. The van der Waals surface area contributed by atoms with Crippen molar-refractivity contribution >= 4 is 35.6 Å². The summed E-state index contributed by atoms with van der Waals surface area (Å²) < 4.78 is 5.12. The molecule has 0 radical (unpaired) electrons. The molecule has 2 rings (SSSR count). The SMILES string of the molecule is COc1ccc(NC(N)=NCC2CCCC(C)C2)cc1.I. The summed E-state index contributed by atoms with van der Waals surface area (Å²) in [6.45, 7) is 3.16. The minimum atomic E-state index is 0. The van der Waals surface area contributed by atoms with Crippen LogP contribution in [0.5, 0.6) is 5.75 Å². The van der Waals surface area contributed by atoms with Crippen molar-refractivity contribution in [1.29, 1.82) is 0 Å². The van der Waals surface area contributed by atoms with Gasteiger partial charge in [0.05, 0.1) is 7.11 Å². The molecule has 0 heterocycles. The number of rotatable bonds is 4. The molecular formula is C16H26IN3O. The molecule has 0 saturated heterocycles. The van der Waals surface area contributed by atoms with E-state index in [9.17, 15) is 0 Å². The summed E-state index contributed by atoms with van der Waals surface area (Å²) >= 11 is 0. The van der Waals surface area contributed by atoms with Gasteiger partial charge in [-0.3, -0.25) is 4.99 Å². The van der Waals surface area contributed by atoms with Crippen LogP contribution >= 0.6 is 24.0 Å².